The SMILES string of the molecule is C[N+](C)(C)CCCNC(N)=O. The summed E-state index contributed by atoms with van der Waals surface area (Å²) in [6.07, 6.45) is 0.965. The third kappa shape index (κ3) is 9.23. The summed E-state index contributed by atoms with van der Waals surface area (Å²) in [7, 11) is 6.35. The lowest BCUT2D eigenvalue weighted by molar-refractivity contribution is -0.870. The van der Waals surface area contributed by atoms with Crippen LogP contribution in [0.2, 0.25) is 0 Å². The van der Waals surface area contributed by atoms with Crippen LogP contribution in [0.15, 0.2) is 0 Å². The maximum atomic E-state index is 10.2. The summed E-state index contributed by atoms with van der Waals surface area (Å²) < 4.78 is 0.917. The molecular weight excluding hydrogens is 142 g/mol. The molecule has 0 aromatic heterocycles. The highest BCUT2D eigenvalue weighted by Gasteiger charge is 2.05. The summed E-state index contributed by atoms with van der Waals surface area (Å²) in [6, 6.07) is -0.439. The van der Waals surface area contributed by atoms with Crippen molar-refractivity contribution in [3.8, 4) is 0 Å². The van der Waals surface area contributed by atoms with E-state index < -0.39 is 6.03 Å². The zero-order valence-corrected chi connectivity index (χ0v) is 7.55. The predicted octanol–water partition coefficient (Wildman–Crippen LogP) is -0.249. The van der Waals surface area contributed by atoms with Gasteiger partial charge < -0.3 is 15.5 Å². The van der Waals surface area contributed by atoms with Gasteiger partial charge in [0.2, 0.25) is 0 Å². The average Bonchev–Trinajstić information content (AvgIpc) is 1.78. The van der Waals surface area contributed by atoms with E-state index >= 15 is 0 Å². The Hall–Kier alpha value is -0.770. The third-order valence-corrected chi connectivity index (χ3v) is 1.30. The number of urea groups is 1. The zero-order valence-electron chi connectivity index (χ0n) is 7.55. The molecule has 66 valence electrons. The lowest BCUT2D eigenvalue weighted by Gasteiger charge is -2.23. The molecule has 0 bridgehead atoms. The van der Waals surface area contributed by atoms with Gasteiger partial charge in [-0.3, -0.25) is 0 Å². The highest BCUT2D eigenvalue weighted by atomic mass is 16.2. The van der Waals surface area contributed by atoms with E-state index in [1.807, 2.05) is 0 Å². The van der Waals surface area contributed by atoms with E-state index in [9.17, 15) is 4.79 Å². The fraction of sp³-hybridized carbons (Fsp3) is 0.857. The van der Waals surface area contributed by atoms with Crippen LogP contribution < -0.4 is 11.1 Å². The Balaban J connectivity index is 3.22. The van der Waals surface area contributed by atoms with Crippen molar-refractivity contribution in [3.63, 3.8) is 0 Å². The molecule has 4 nitrogen and oxygen atoms in total. The van der Waals surface area contributed by atoms with Crippen molar-refractivity contribution in [1.82, 2.24) is 5.32 Å². The Kier molecular flexibility index (Phi) is 3.89. The minimum absolute atomic E-state index is 0.439. The number of nitrogens with one attached hydrogen (secondary N) is 1. The molecule has 0 unspecified atom stereocenters. The molecule has 3 N–H and O–H groups in total. The summed E-state index contributed by atoms with van der Waals surface area (Å²) in [5.74, 6) is 0. The second-order valence-electron chi connectivity index (χ2n) is 3.66. The fourth-order valence-electron chi connectivity index (χ4n) is 0.765. The minimum atomic E-state index is -0.439. The number of carbonyl (C=O) groups excluding carboxylic acids is 1. The first-order valence-corrected chi connectivity index (χ1v) is 3.75. The van der Waals surface area contributed by atoms with Crippen LogP contribution in [0.3, 0.4) is 0 Å². The monoisotopic (exact) mass is 160 g/mol. The quantitative estimate of drug-likeness (QED) is 0.432. The van der Waals surface area contributed by atoms with Gasteiger partial charge in [0.05, 0.1) is 27.7 Å². The van der Waals surface area contributed by atoms with E-state index in [0.29, 0.717) is 6.54 Å². The normalized spacial score (nSPS) is 11.2. The number of carbonyl (C=O) groups is 1. The molecule has 0 saturated carbocycles. The Morgan fingerprint density at radius 3 is 2.36 bits per heavy atom. The second-order valence-corrected chi connectivity index (χ2v) is 3.66. The maximum absolute atomic E-state index is 10.2. The van der Waals surface area contributed by atoms with E-state index in [-0.39, 0.29) is 0 Å². The van der Waals surface area contributed by atoms with Crippen molar-refractivity contribution in [2.24, 2.45) is 5.73 Å². The van der Waals surface area contributed by atoms with Gasteiger partial charge in [-0.25, -0.2) is 4.79 Å². The van der Waals surface area contributed by atoms with Gasteiger partial charge in [0.1, 0.15) is 0 Å². The van der Waals surface area contributed by atoms with Gasteiger partial charge in [-0.15, -0.1) is 0 Å². The number of hydrogen-bond acceptors (Lipinski definition) is 1. The molecule has 0 atom stereocenters. The van der Waals surface area contributed by atoms with E-state index in [2.05, 4.69) is 26.5 Å². The average molecular weight is 160 g/mol. The number of hydrogen-bond donors (Lipinski definition) is 2. The number of nitrogens with zero attached hydrogens (tertiary/aromatic N) is 1. The summed E-state index contributed by atoms with van der Waals surface area (Å²) in [4.78, 5) is 10.2. The molecule has 0 fully saturated rings. The van der Waals surface area contributed by atoms with Crippen LogP contribution in [0.1, 0.15) is 6.42 Å². The first-order chi connectivity index (χ1) is 4.92. The van der Waals surface area contributed by atoms with Crippen LogP contribution in [0.5, 0.6) is 0 Å². The van der Waals surface area contributed by atoms with Crippen molar-refractivity contribution in [2.75, 3.05) is 34.2 Å². The van der Waals surface area contributed by atoms with Crippen molar-refractivity contribution in [1.29, 1.82) is 0 Å². The standard InChI is InChI=1S/C7H17N3O/c1-10(2,3)6-4-5-9-7(8)11/h4-6H2,1-3H3,(H2-,8,9,11)/p+1. The Labute approximate surface area is 67.9 Å². The van der Waals surface area contributed by atoms with Crippen LogP contribution in [0.4, 0.5) is 4.79 Å². The first-order valence-electron chi connectivity index (χ1n) is 3.75. The minimum Gasteiger partial charge on any atom is -0.352 e. The van der Waals surface area contributed by atoms with Gasteiger partial charge in [-0.2, -0.15) is 0 Å². The number of nitrogens with two attached hydrogens (primary N) is 1. The number of quaternary nitrogens is 1. The van der Waals surface area contributed by atoms with Crippen molar-refractivity contribution in [2.45, 2.75) is 6.42 Å². The molecule has 0 aliphatic rings. The predicted molar refractivity (Wildman–Crippen MR) is 45.1 cm³/mol. The summed E-state index contributed by atoms with van der Waals surface area (Å²) in [5.41, 5.74) is 4.89. The summed E-state index contributed by atoms with van der Waals surface area (Å²) in [6.45, 7) is 1.71. The van der Waals surface area contributed by atoms with Gasteiger partial charge in [0.15, 0.2) is 0 Å². The van der Waals surface area contributed by atoms with E-state index in [4.69, 9.17) is 5.73 Å². The lowest BCUT2D eigenvalue weighted by atomic mass is 10.4. The lowest BCUT2D eigenvalue weighted by Crippen LogP contribution is -2.38. The Bertz CT molecular complexity index is 128. The fourth-order valence-corrected chi connectivity index (χ4v) is 0.765. The van der Waals surface area contributed by atoms with Gasteiger partial charge >= 0.3 is 6.03 Å². The van der Waals surface area contributed by atoms with Crippen LogP contribution in [-0.2, 0) is 0 Å². The summed E-state index contributed by atoms with van der Waals surface area (Å²) in [5, 5.41) is 2.55. The molecule has 0 aliphatic heterocycles. The number of amides is 2. The molecule has 0 heterocycles. The summed E-state index contributed by atoms with van der Waals surface area (Å²) >= 11 is 0. The highest BCUT2D eigenvalue weighted by Crippen LogP contribution is 1.91. The van der Waals surface area contributed by atoms with E-state index in [1.165, 1.54) is 0 Å². The largest absolute Gasteiger partial charge is 0.352 e. The van der Waals surface area contributed by atoms with E-state index in [1.54, 1.807) is 0 Å². The first kappa shape index (κ1) is 10.2. The molecule has 4 heteroatoms. The molecule has 0 aromatic carbocycles. The van der Waals surface area contributed by atoms with E-state index in [0.717, 1.165) is 17.4 Å². The second kappa shape index (κ2) is 4.18. The van der Waals surface area contributed by atoms with Gasteiger partial charge in [0.25, 0.3) is 0 Å². The topological polar surface area (TPSA) is 55.1 Å². The van der Waals surface area contributed by atoms with Crippen molar-refractivity contribution >= 4 is 6.03 Å². The van der Waals surface area contributed by atoms with Crippen LogP contribution in [0, 0.1) is 0 Å². The Morgan fingerprint density at radius 2 is 2.00 bits per heavy atom. The zero-order chi connectivity index (χ0) is 8.91. The maximum Gasteiger partial charge on any atom is 0.312 e. The third-order valence-electron chi connectivity index (χ3n) is 1.30. The van der Waals surface area contributed by atoms with Crippen LogP contribution in [-0.4, -0.2) is 44.7 Å². The molecule has 2 amide bonds. The molecule has 0 aliphatic carbocycles. The van der Waals surface area contributed by atoms with Crippen molar-refractivity contribution < 1.29 is 9.28 Å². The molecule has 0 spiro atoms. The van der Waals surface area contributed by atoms with Gasteiger partial charge in [-0.05, 0) is 0 Å². The Morgan fingerprint density at radius 1 is 1.45 bits per heavy atom. The molecule has 0 radical (unpaired) electrons. The molecule has 11 heavy (non-hydrogen) atoms. The molecule has 0 saturated heterocycles. The number of rotatable bonds is 4. The molecular formula is C7H18N3O+. The van der Waals surface area contributed by atoms with Crippen molar-refractivity contribution in [3.05, 3.63) is 0 Å². The van der Waals surface area contributed by atoms with Crippen LogP contribution in [0.25, 0.3) is 0 Å². The smallest absolute Gasteiger partial charge is 0.312 e. The molecule has 0 aromatic rings. The molecule has 0 rings (SSSR count). The highest BCUT2D eigenvalue weighted by molar-refractivity contribution is 5.71. The number of primary amides is 1. The van der Waals surface area contributed by atoms with Gasteiger partial charge in [-0.1, -0.05) is 0 Å². The van der Waals surface area contributed by atoms with Gasteiger partial charge in [0, 0.05) is 13.0 Å². The van der Waals surface area contributed by atoms with Crippen LogP contribution >= 0.6 is 0 Å².